The van der Waals surface area contributed by atoms with E-state index < -0.39 is 19.7 Å². The molecule has 1 aromatic heterocycles. The molecule has 3 aliphatic rings. The van der Waals surface area contributed by atoms with Gasteiger partial charge in [-0.05, 0) is 64.0 Å². The van der Waals surface area contributed by atoms with E-state index in [0.29, 0.717) is 23.0 Å². The predicted molar refractivity (Wildman–Crippen MR) is 149 cm³/mol. The Bertz CT molecular complexity index is 1290. The molecule has 2 aromatic rings. The zero-order valence-electron chi connectivity index (χ0n) is 23.3. The number of hydrogen-bond donors (Lipinski definition) is 2. The Balaban J connectivity index is 1.46. The number of ether oxygens (including phenoxy) is 1. The lowest BCUT2D eigenvalue weighted by molar-refractivity contribution is -0.121. The first-order valence-electron chi connectivity index (χ1n) is 13.7. The standard InChI is InChI=1S/C28H39N5O4Si/c1-7-37-26(36)33-23(30-24(34)28(15-10-16-28)38(4,5)6)20-17-32(27(2,3)22(20)31-33)25(35)29-21-12-9-8-11-19(21)18-13-14-18/h8-9,11-12,18H,7,10,13-17H2,1-6H3,(H,29,35)(H,30,34). The minimum Gasteiger partial charge on any atom is -0.448 e. The minimum absolute atomic E-state index is 0.0600. The van der Waals surface area contributed by atoms with Crippen molar-refractivity contribution in [3.8, 4) is 0 Å². The fourth-order valence-electron chi connectivity index (χ4n) is 5.97. The van der Waals surface area contributed by atoms with Gasteiger partial charge in [0, 0.05) is 16.3 Å². The Morgan fingerprint density at radius 3 is 2.37 bits per heavy atom. The van der Waals surface area contributed by atoms with Crippen LogP contribution in [0.15, 0.2) is 24.3 Å². The van der Waals surface area contributed by atoms with Crippen molar-refractivity contribution in [3.63, 3.8) is 0 Å². The molecule has 3 amide bonds. The van der Waals surface area contributed by atoms with Crippen molar-refractivity contribution in [1.82, 2.24) is 14.7 Å². The maximum atomic E-state index is 13.8. The lowest BCUT2D eigenvalue weighted by Gasteiger charge is -2.48. The Hall–Kier alpha value is -3.14. The second-order valence-electron chi connectivity index (χ2n) is 12.4. The number of hydrogen-bond acceptors (Lipinski definition) is 5. The Morgan fingerprint density at radius 1 is 1.11 bits per heavy atom. The van der Waals surface area contributed by atoms with Crippen LogP contribution in [-0.2, 0) is 21.6 Å². The quantitative estimate of drug-likeness (QED) is 0.424. The summed E-state index contributed by atoms with van der Waals surface area (Å²) in [5, 5.41) is 10.4. The van der Waals surface area contributed by atoms with Crippen LogP contribution in [0.25, 0.3) is 0 Å². The van der Waals surface area contributed by atoms with E-state index in [2.05, 4.69) is 41.4 Å². The molecule has 2 saturated carbocycles. The Kier molecular flexibility index (Phi) is 6.44. The molecule has 2 aliphatic carbocycles. The molecule has 0 radical (unpaired) electrons. The van der Waals surface area contributed by atoms with Gasteiger partial charge in [-0.1, -0.05) is 44.3 Å². The topological polar surface area (TPSA) is 106 Å². The number of para-hydroxylation sites is 1. The third-order valence-electron chi connectivity index (χ3n) is 8.77. The van der Waals surface area contributed by atoms with Crippen molar-refractivity contribution in [2.24, 2.45) is 0 Å². The Morgan fingerprint density at radius 2 is 1.79 bits per heavy atom. The molecule has 9 nitrogen and oxygen atoms in total. The maximum absolute atomic E-state index is 13.8. The first-order valence-corrected chi connectivity index (χ1v) is 17.2. The molecule has 0 atom stereocenters. The number of aromatic nitrogens is 2. The van der Waals surface area contributed by atoms with Crippen LogP contribution >= 0.6 is 0 Å². The second kappa shape index (κ2) is 9.25. The number of nitrogens with one attached hydrogen (secondary N) is 2. The van der Waals surface area contributed by atoms with E-state index in [0.717, 1.165) is 43.4 Å². The van der Waals surface area contributed by atoms with Gasteiger partial charge in [0.15, 0.2) is 0 Å². The zero-order chi connectivity index (χ0) is 27.5. The largest absolute Gasteiger partial charge is 0.448 e. The molecule has 2 N–H and O–H groups in total. The Labute approximate surface area is 225 Å². The first kappa shape index (κ1) is 26.5. The number of fused-ring (bicyclic) bond motifs is 1. The summed E-state index contributed by atoms with van der Waals surface area (Å²) < 4.78 is 6.44. The lowest BCUT2D eigenvalue weighted by Crippen LogP contribution is -2.52. The van der Waals surface area contributed by atoms with Crippen molar-refractivity contribution in [3.05, 3.63) is 41.1 Å². The SMILES string of the molecule is CCOC(=O)n1nc2c(c1NC(=O)C1([Si](C)(C)C)CCC1)CN(C(=O)Nc1ccccc1C1CC1)C2(C)C. The summed E-state index contributed by atoms with van der Waals surface area (Å²) in [5.41, 5.74) is 2.44. The summed E-state index contributed by atoms with van der Waals surface area (Å²) in [6.45, 7) is 12.6. The van der Waals surface area contributed by atoms with Crippen molar-refractivity contribution < 1.29 is 19.1 Å². The van der Waals surface area contributed by atoms with Crippen LogP contribution in [0.3, 0.4) is 0 Å². The fraction of sp³-hybridized carbons (Fsp3) is 0.571. The molecular formula is C28H39N5O4Si. The van der Waals surface area contributed by atoms with Crippen LogP contribution < -0.4 is 10.6 Å². The van der Waals surface area contributed by atoms with Gasteiger partial charge in [0.25, 0.3) is 0 Å². The highest BCUT2D eigenvalue weighted by Crippen LogP contribution is 2.56. The smallest absolute Gasteiger partial charge is 0.436 e. The van der Waals surface area contributed by atoms with Gasteiger partial charge in [-0.15, -0.1) is 4.68 Å². The number of rotatable bonds is 6. The molecule has 1 aliphatic heterocycles. The van der Waals surface area contributed by atoms with Crippen LogP contribution in [-0.4, -0.2) is 47.4 Å². The van der Waals surface area contributed by atoms with Crippen LogP contribution in [0, 0.1) is 0 Å². The number of amides is 3. The average Bonchev–Trinajstić information content (AvgIpc) is 3.52. The summed E-state index contributed by atoms with van der Waals surface area (Å²) in [6.07, 6.45) is 4.36. The van der Waals surface area contributed by atoms with Crippen LogP contribution in [0.2, 0.25) is 24.7 Å². The third kappa shape index (κ3) is 4.22. The molecule has 2 fully saturated rings. The lowest BCUT2D eigenvalue weighted by atomic mass is 9.83. The van der Waals surface area contributed by atoms with Crippen LogP contribution in [0.5, 0.6) is 0 Å². The number of carbonyl (C=O) groups is 3. The maximum Gasteiger partial charge on any atom is 0.436 e. The summed E-state index contributed by atoms with van der Waals surface area (Å²) in [6, 6.07) is 7.70. The molecule has 5 rings (SSSR count). The first-order chi connectivity index (χ1) is 17.9. The predicted octanol–water partition coefficient (Wildman–Crippen LogP) is 6.25. The molecule has 0 bridgehead atoms. The molecule has 10 heteroatoms. The van der Waals surface area contributed by atoms with Gasteiger partial charge in [0.1, 0.15) is 5.82 Å². The highest BCUT2D eigenvalue weighted by molar-refractivity contribution is 6.83. The molecule has 0 saturated heterocycles. The molecule has 1 aromatic carbocycles. The van der Waals surface area contributed by atoms with Gasteiger partial charge in [-0.25, -0.2) is 9.59 Å². The molecule has 38 heavy (non-hydrogen) atoms. The normalized spacial score (nSPS) is 19.4. The molecule has 204 valence electrons. The molecule has 2 heterocycles. The number of benzene rings is 1. The van der Waals surface area contributed by atoms with Gasteiger partial charge in [-0.3, -0.25) is 4.79 Å². The van der Waals surface area contributed by atoms with Crippen molar-refractivity contribution in [2.45, 2.75) is 95.6 Å². The van der Waals surface area contributed by atoms with Crippen LogP contribution in [0.4, 0.5) is 21.1 Å². The van der Waals surface area contributed by atoms with Crippen molar-refractivity contribution in [2.75, 3.05) is 17.2 Å². The van der Waals surface area contributed by atoms with Gasteiger partial charge < -0.3 is 20.3 Å². The summed E-state index contributed by atoms with van der Waals surface area (Å²) >= 11 is 0. The zero-order valence-corrected chi connectivity index (χ0v) is 24.3. The van der Waals surface area contributed by atoms with Gasteiger partial charge in [0.2, 0.25) is 5.91 Å². The van der Waals surface area contributed by atoms with Gasteiger partial charge >= 0.3 is 12.1 Å². The highest BCUT2D eigenvalue weighted by atomic mass is 28.3. The second-order valence-corrected chi connectivity index (χ2v) is 17.8. The van der Waals surface area contributed by atoms with Crippen LogP contribution in [0.1, 0.15) is 75.6 Å². The molecular weight excluding hydrogens is 498 g/mol. The van der Waals surface area contributed by atoms with E-state index in [9.17, 15) is 14.4 Å². The molecule has 0 spiro atoms. The van der Waals surface area contributed by atoms with E-state index in [1.54, 1.807) is 11.8 Å². The summed E-state index contributed by atoms with van der Waals surface area (Å²) in [4.78, 5) is 42.0. The van der Waals surface area contributed by atoms with E-state index in [-0.39, 0.29) is 30.1 Å². The molecule has 0 unspecified atom stereocenters. The third-order valence-corrected chi connectivity index (χ3v) is 12.4. The van der Waals surface area contributed by atoms with E-state index in [4.69, 9.17) is 4.74 Å². The highest BCUT2D eigenvalue weighted by Gasteiger charge is 2.54. The summed E-state index contributed by atoms with van der Waals surface area (Å²) in [7, 11) is -1.85. The van der Waals surface area contributed by atoms with E-state index in [1.165, 1.54) is 4.68 Å². The average molecular weight is 538 g/mol. The summed E-state index contributed by atoms with van der Waals surface area (Å²) in [5.74, 6) is 0.750. The van der Waals surface area contributed by atoms with E-state index in [1.807, 2.05) is 32.0 Å². The number of urea groups is 1. The van der Waals surface area contributed by atoms with Crippen molar-refractivity contribution in [1.29, 1.82) is 0 Å². The monoisotopic (exact) mass is 537 g/mol. The van der Waals surface area contributed by atoms with Gasteiger partial charge in [0.05, 0.1) is 32.5 Å². The van der Waals surface area contributed by atoms with Gasteiger partial charge in [-0.2, -0.15) is 5.10 Å². The number of anilines is 2. The van der Waals surface area contributed by atoms with Crippen molar-refractivity contribution >= 4 is 37.6 Å². The number of nitrogens with zero attached hydrogens (tertiary/aromatic N) is 3. The minimum atomic E-state index is -1.85. The fourth-order valence-corrected chi connectivity index (χ4v) is 8.56. The number of carbonyl (C=O) groups excluding carboxylic acids is 3. The van der Waals surface area contributed by atoms with E-state index >= 15 is 0 Å².